The summed E-state index contributed by atoms with van der Waals surface area (Å²) in [6, 6.07) is 9.01. The predicted octanol–water partition coefficient (Wildman–Crippen LogP) is 2.68. The summed E-state index contributed by atoms with van der Waals surface area (Å²) in [4.78, 5) is 7.95. The van der Waals surface area contributed by atoms with Crippen molar-refractivity contribution >= 4 is 0 Å². The number of imidazole rings is 1. The van der Waals surface area contributed by atoms with Crippen LogP contribution in [0.4, 0.5) is 0 Å². The molecule has 0 spiro atoms. The molecule has 2 N–H and O–H groups in total. The van der Waals surface area contributed by atoms with Crippen LogP contribution < -0.4 is 5.32 Å². The van der Waals surface area contributed by atoms with Gasteiger partial charge in [-0.3, -0.25) is 0 Å². The maximum atomic E-state index is 4.50. The summed E-state index contributed by atoms with van der Waals surface area (Å²) >= 11 is 0. The van der Waals surface area contributed by atoms with Crippen molar-refractivity contribution in [3.63, 3.8) is 0 Å². The molecule has 2 aromatic rings. The Hall–Kier alpha value is -1.61. The van der Waals surface area contributed by atoms with Gasteiger partial charge < -0.3 is 10.3 Å². The minimum absolute atomic E-state index is 0.598. The Balaban J connectivity index is 1.79. The highest BCUT2D eigenvalue weighted by molar-refractivity contribution is 5.62. The third-order valence-electron chi connectivity index (χ3n) is 3.67. The molecule has 3 heteroatoms. The summed E-state index contributed by atoms with van der Waals surface area (Å²) < 4.78 is 0. The van der Waals surface area contributed by atoms with Gasteiger partial charge in [-0.05, 0) is 31.9 Å². The second kappa shape index (κ2) is 4.94. The molecule has 18 heavy (non-hydrogen) atoms. The zero-order valence-corrected chi connectivity index (χ0v) is 10.7. The molecule has 0 radical (unpaired) electrons. The number of benzene rings is 1. The second-order valence-electron chi connectivity index (χ2n) is 5.06. The summed E-state index contributed by atoms with van der Waals surface area (Å²) in [5, 5.41) is 3.51. The van der Waals surface area contributed by atoms with E-state index in [0.717, 1.165) is 24.5 Å². The van der Waals surface area contributed by atoms with Crippen LogP contribution in [-0.4, -0.2) is 22.6 Å². The van der Waals surface area contributed by atoms with Gasteiger partial charge in [-0.25, -0.2) is 4.98 Å². The lowest BCUT2D eigenvalue weighted by Crippen LogP contribution is -2.24. The van der Waals surface area contributed by atoms with E-state index in [4.69, 9.17) is 0 Å². The zero-order valence-electron chi connectivity index (χ0n) is 10.7. The lowest BCUT2D eigenvalue weighted by molar-refractivity contribution is 0.589. The van der Waals surface area contributed by atoms with Crippen molar-refractivity contribution in [2.75, 3.05) is 6.54 Å². The Morgan fingerprint density at radius 1 is 1.33 bits per heavy atom. The lowest BCUT2D eigenvalue weighted by atomic mass is 10.1. The van der Waals surface area contributed by atoms with Crippen LogP contribution >= 0.6 is 0 Å². The van der Waals surface area contributed by atoms with Crippen LogP contribution in [0.25, 0.3) is 11.3 Å². The largest absolute Gasteiger partial charge is 0.342 e. The molecule has 1 saturated heterocycles. The van der Waals surface area contributed by atoms with Gasteiger partial charge in [0, 0.05) is 18.0 Å². The van der Waals surface area contributed by atoms with Gasteiger partial charge in [0.25, 0.3) is 0 Å². The van der Waals surface area contributed by atoms with E-state index in [0.29, 0.717) is 6.04 Å². The molecule has 1 fully saturated rings. The molecule has 0 saturated carbocycles. The molecule has 1 aromatic heterocycles. The van der Waals surface area contributed by atoms with Crippen LogP contribution in [0.1, 0.15) is 24.2 Å². The quantitative estimate of drug-likeness (QED) is 0.867. The van der Waals surface area contributed by atoms with Crippen LogP contribution in [-0.2, 0) is 6.42 Å². The van der Waals surface area contributed by atoms with Crippen molar-refractivity contribution in [1.29, 1.82) is 0 Å². The Labute approximate surface area is 108 Å². The number of hydrogen-bond acceptors (Lipinski definition) is 2. The van der Waals surface area contributed by atoms with Gasteiger partial charge in [0.15, 0.2) is 0 Å². The first-order chi connectivity index (χ1) is 8.83. The number of nitrogens with one attached hydrogen (secondary N) is 2. The van der Waals surface area contributed by atoms with Gasteiger partial charge in [0.2, 0.25) is 0 Å². The number of aromatic nitrogens is 2. The first kappa shape index (κ1) is 11.5. The summed E-state index contributed by atoms with van der Waals surface area (Å²) in [6.45, 7) is 3.28. The third-order valence-corrected chi connectivity index (χ3v) is 3.67. The molecule has 1 aliphatic heterocycles. The SMILES string of the molecule is Cc1ccccc1-c1cnc(CC2CCCN2)[nH]1. The zero-order chi connectivity index (χ0) is 12.4. The standard InChI is InChI=1S/C15H19N3/c1-11-5-2-3-7-13(11)14-10-17-15(18-14)9-12-6-4-8-16-12/h2-3,5,7,10,12,16H,4,6,8-9H2,1H3,(H,17,18). The number of nitrogens with zero attached hydrogens (tertiary/aromatic N) is 1. The van der Waals surface area contributed by atoms with Gasteiger partial charge in [0.05, 0.1) is 11.9 Å². The van der Waals surface area contributed by atoms with Gasteiger partial charge in [-0.1, -0.05) is 24.3 Å². The van der Waals surface area contributed by atoms with E-state index < -0.39 is 0 Å². The number of aromatic amines is 1. The fraction of sp³-hybridized carbons (Fsp3) is 0.400. The maximum absolute atomic E-state index is 4.50. The first-order valence-corrected chi connectivity index (χ1v) is 6.66. The normalized spacial score (nSPS) is 19.3. The Kier molecular flexibility index (Phi) is 3.15. The molecular formula is C15H19N3. The Morgan fingerprint density at radius 3 is 3.00 bits per heavy atom. The van der Waals surface area contributed by atoms with Crippen LogP contribution in [0.5, 0.6) is 0 Å². The van der Waals surface area contributed by atoms with Crippen molar-refractivity contribution in [3.05, 3.63) is 41.9 Å². The molecule has 1 atom stereocenters. The average Bonchev–Trinajstić information content (AvgIpc) is 3.02. The van der Waals surface area contributed by atoms with Crippen LogP contribution in [0.2, 0.25) is 0 Å². The third kappa shape index (κ3) is 2.31. The van der Waals surface area contributed by atoms with Gasteiger partial charge in [0.1, 0.15) is 5.82 Å². The van der Waals surface area contributed by atoms with Crippen LogP contribution in [0.15, 0.2) is 30.5 Å². The number of aryl methyl sites for hydroxylation is 1. The molecule has 0 amide bonds. The minimum atomic E-state index is 0.598. The molecule has 3 nitrogen and oxygen atoms in total. The van der Waals surface area contributed by atoms with E-state index in [9.17, 15) is 0 Å². The lowest BCUT2D eigenvalue weighted by Gasteiger charge is -2.07. The summed E-state index contributed by atoms with van der Waals surface area (Å²) in [6.07, 6.45) is 5.51. The molecule has 0 bridgehead atoms. The average molecular weight is 241 g/mol. The van der Waals surface area contributed by atoms with Gasteiger partial charge in [-0.15, -0.1) is 0 Å². The van der Waals surface area contributed by atoms with E-state index in [-0.39, 0.29) is 0 Å². The Morgan fingerprint density at radius 2 is 2.22 bits per heavy atom. The van der Waals surface area contributed by atoms with Gasteiger partial charge >= 0.3 is 0 Å². The topological polar surface area (TPSA) is 40.7 Å². The van der Waals surface area contributed by atoms with Crippen LogP contribution in [0.3, 0.4) is 0 Å². The van der Waals surface area contributed by atoms with Crippen molar-refractivity contribution in [3.8, 4) is 11.3 Å². The van der Waals surface area contributed by atoms with E-state index in [1.165, 1.54) is 24.0 Å². The van der Waals surface area contributed by atoms with E-state index in [1.807, 2.05) is 6.20 Å². The maximum Gasteiger partial charge on any atom is 0.108 e. The smallest absolute Gasteiger partial charge is 0.108 e. The second-order valence-corrected chi connectivity index (χ2v) is 5.06. The molecule has 1 unspecified atom stereocenters. The predicted molar refractivity (Wildman–Crippen MR) is 73.5 cm³/mol. The molecule has 3 rings (SSSR count). The number of H-pyrrole nitrogens is 1. The highest BCUT2D eigenvalue weighted by Crippen LogP contribution is 2.21. The molecule has 94 valence electrons. The highest BCUT2D eigenvalue weighted by Gasteiger charge is 2.16. The van der Waals surface area contributed by atoms with Crippen molar-refractivity contribution in [2.45, 2.75) is 32.2 Å². The molecular weight excluding hydrogens is 222 g/mol. The fourth-order valence-electron chi connectivity index (χ4n) is 2.64. The molecule has 2 heterocycles. The summed E-state index contributed by atoms with van der Waals surface area (Å²) in [5.74, 6) is 1.09. The van der Waals surface area contributed by atoms with Crippen molar-refractivity contribution in [1.82, 2.24) is 15.3 Å². The first-order valence-electron chi connectivity index (χ1n) is 6.66. The van der Waals surface area contributed by atoms with E-state index in [2.05, 4.69) is 46.5 Å². The minimum Gasteiger partial charge on any atom is -0.342 e. The monoisotopic (exact) mass is 241 g/mol. The fourth-order valence-corrected chi connectivity index (χ4v) is 2.64. The highest BCUT2D eigenvalue weighted by atomic mass is 15.0. The van der Waals surface area contributed by atoms with Crippen molar-refractivity contribution in [2.24, 2.45) is 0 Å². The molecule has 0 aliphatic carbocycles. The number of hydrogen-bond donors (Lipinski definition) is 2. The Bertz CT molecular complexity index is 524. The van der Waals surface area contributed by atoms with Crippen LogP contribution in [0, 0.1) is 6.92 Å². The molecule has 1 aromatic carbocycles. The van der Waals surface area contributed by atoms with E-state index in [1.54, 1.807) is 0 Å². The number of rotatable bonds is 3. The summed E-state index contributed by atoms with van der Waals surface area (Å²) in [7, 11) is 0. The van der Waals surface area contributed by atoms with Gasteiger partial charge in [-0.2, -0.15) is 0 Å². The van der Waals surface area contributed by atoms with E-state index >= 15 is 0 Å². The molecule has 1 aliphatic rings. The van der Waals surface area contributed by atoms with Crippen molar-refractivity contribution < 1.29 is 0 Å². The summed E-state index contributed by atoms with van der Waals surface area (Å²) in [5.41, 5.74) is 3.66.